The molecule has 82 valence electrons. The maximum atomic E-state index is 5.69. The number of rotatable bonds is 3. The van der Waals surface area contributed by atoms with Crippen molar-refractivity contribution in [3.8, 4) is 0 Å². The first kappa shape index (κ1) is 10.4. The average molecular weight is 198 g/mol. The van der Waals surface area contributed by atoms with E-state index in [2.05, 4.69) is 24.1 Å². The van der Waals surface area contributed by atoms with Crippen molar-refractivity contribution < 1.29 is 4.74 Å². The molecule has 0 saturated carbocycles. The molecule has 3 nitrogen and oxygen atoms in total. The number of nitrogens with one attached hydrogen (secondary N) is 1. The van der Waals surface area contributed by atoms with Crippen LogP contribution in [0, 0.1) is 5.92 Å². The van der Waals surface area contributed by atoms with Gasteiger partial charge in [-0.05, 0) is 19.3 Å². The Labute approximate surface area is 86.8 Å². The highest BCUT2D eigenvalue weighted by molar-refractivity contribution is 4.84. The van der Waals surface area contributed by atoms with Crippen LogP contribution in [-0.2, 0) is 4.74 Å². The normalized spacial score (nSPS) is 35.6. The molecule has 0 aliphatic carbocycles. The summed E-state index contributed by atoms with van der Waals surface area (Å²) in [6.45, 7) is 10.2. The van der Waals surface area contributed by atoms with Crippen molar-refractivity contribution in [3.63, 3.8) is 0 Å². The summed E-state index contributed by atoms with van der Waals surface area (Å²) in [4.78, 5) is 2.62. The second-order valence-electron chi connectivity index (χ2n) is 4.68. The van der Waals surface area contributed by atoms with Gasteiger partial charge in [0.1, 0.15) is 0 Å². The van der Waals surface area contributed by atoms with Crippen molar-refractivity contribution in [1.29, 1.82) is 0 Å². The lowest BCUT2D eigenvalue weighted by molar-refractivity contribution is -0.0627. The van der Waals surface area contributed by atoms with Crippen molar-refractivity contribution in [2.45, 2.75) is 32.4 Å². The Balaban J connectivity index is 1.84. The fraction of sp³-hybridized carbons (Fsp3) is 1.00. The molecule has 2 unspecified atom stereocenters. The van der Waals surface area contributed by atoms with Crippen molar-refractivity contribution in [2.24, 2.45) is 5.92 Å². The van der Waals surface area contributed by atoms with E-state index in [4.69, 9.17) is 4.74 Å². The Kier molecular flexibility index (Phi) is 3.42. The Hall–Kier alpha value is -0.120. The molecule has 2 heterocycles. The van der Waals surface area contributed by atoms with E-state index in [9.17, 15) is 0 Å². The Bertz CT molecular complexity index is 182. The topological polar surface area (TPSA) is 24.5 Å². The Morgan fingerprint density at radius 3 is 2.79 bits per heavy atom. The molecule has 14 heavy (non-hydrogen) atoms. The van der Waals surface area contributed by atoms with Crippen molar-refractivity contribution >= 4 is 0 Å². The third-order valence-electron chi connectivity index (χ3n) is 3.41. The molecule has 0 amide bonds. The first-order valence-electron chi connectivity index (χ1n) is 5.86. The van der Waals surface area contributed by atoms with Crippen LogP contribution in [0.4, 0.5) is 0 Å². The van der Waals surface area contributed by atoms with E-state index in [0.717, 1.165) is 19.1 Å². The van der Waals surface area contributed by atoms with Crippen molar-refractivity contribution in [2.75, 3.05) is 32.8 Å². The number of hydrogen-bond donors (Lipinski definition) is 1. The molecule has 3 heteroatoms. The molecule has 0 bridgehead atoms. The van der Waals surface area contributed by atoms with Crippen LogP contribution in [-0.4, -0.2) is 49.8 Å². The van der Waals surface area contributed by atoms with E-state index in [-0.39, 0.29) is 0 Å². The molecule has 0 aromatic carbocycles. The minimum Gasteiger partial charge on any atom is -0.376 e. The molecule has 2 aliphatic rings. The van der Waals surface area contributed by atoms with Gasteiger partial charge < -0.3 is 10.1 Å². The molecule has 0 aromatic rings. The van der Waals surface area contributed by atoms with Crippen LogP contribution in [0.15, 0.2) is 0 Å². The SMILES string of the molecule is CCC1COC(C)CN1CC1CNC1. The second-order valence-corrected chi connectivity index (χ2v) is 4.68. The molecular formula is C11H22N2O. The molecule has 1 N–H and O–H groups in total. The maximum Gasteiger partial charge on any atom is 0.0674 e. The molecule has 0 radical (unpaired) electrons. The summed E-state index contributed by atoms with van der Waals surface area (Å²) in [7, 11) is 0. The predicted octanol–water partition coefficient (Wildman–Crippen LogP) is 0.705. The number of ether oxygens (including phenoxy) is 1. The van der Waals surface area contributed by atoms with E-state index in [1.54, 1.807) is 0 Å². The van der Waals surface area contributed by atoms with Gasteiger partial charge in [0.05, 0.1) is 12.7 Å². The fourth-order valence-electron chi connectivity index (χ4n) is 2.32. The minimum absolute atomic E-state index is 0.422. The molecule has 0 aromatic heterocycles. The lowest BCUT2D eigenvalue weighted by atomic mass is 10.0. The Morgan fingerprint density at radius 1 is 1.43 bits per heavy atom. The van der Waals surface area contributed by atoms with Crippen LogP contribution >= 0.6 is 0 Å². The summed E-state index contributed by atoms with van der Waals surface area (Å²) in [5, 5.41) is 3.34. The van der Waals surface area contributed by atoms with Crippen LogP contribution in [0.25, 0.3) is 0 Å². The molecule has 0 spiro atoms. The average Bonchev–Trinajstić information content (AvgIpc) is 2.12. The molecule has 2 rings (SSSR count). The lowest BCUT2D eigenvalue weighted by Gasteiger charge is -2.42. The number of hydrogen-bond acceptors (Lipinski definition) is 3. The van der Waals surface area contributed by atoms with Crippen LogP contribution in [0.3, 0.4) is 0 Å². The third-order valence-corrected chi connectivity index (χ3v) is 3.41. The third kappa shape index (κ3) is 2.27. The standard InChI is InChI=1S/C11H22N2O/c1-3-11-8-14-9(2)6-13(11)7-10-4-12-5-10/h9-12H,3-8H2,1-2H3. The highest BCUT2D eigenvalue weighted by atomic mass is 16.5. The molecular weight excluding hydrogens is 176 g/mol. The highest BCUT2D eigenvalue weighted by Crippen LogP contribution is 2.17. The predicted molar refractivity (Wildman–Crippen MR) is 57.4 cm³/mol. The van der Waals surface area contributed by atoms with E-state index in [0.29, 0.717) is 12.1 Å². The minimum atomic E-state index is 0.422. The van der Waals surface area contributed by atoms with Gasteiger partial charge in [-0.15, -0.1) is 0 Å². The highest BCUT2D eigenvalue weighted by Gasteiger charge is 2.29. The number of nitrogens with zero attached hydrogens (tertiary/aromatic N) is 1. The van der Waals surface area contributed by atoms with Gasteiger partial charge in [0.15, 0.2) is 0 Å². The van der Waals surface area contributed by atoms with Gasteiger partial charge in [-0.1, -0.05) is 6.92 Å². The summed E-state index contributed by atoms with van der Waals surface area (Å²) < 4.78 is 5.69. The Morgan fingerprint density at radius 2 is 2.21 bits per heavy atom. The van der Waals surface area contributed by atoms with E-state index in [1.807, 2.05) is 0 Å². The molecule has 2 atom stereocenters. The smallest absolute Gasteiger partial charge is 0.0674 e. The van der Waals surface area contributed by atoms with Crippen molar-refractivity contribution in [3.05, 3.63) is 0 Å². The van der Waals surface area contributed by atoms with E-state index >= 15 is 0 Å². The fourth-order valence-corrected chi connectivity index (χ4v) is 2.32. The lowest BCUT2D eigenvalue weighted by Crippen LogP contribution is -2.55. The van der Waals surface area contributed by atoms with Gasteiger partial charge in [0.2, 0.25) is 0 Å². The van der Waals surface area contributed by atoms with Gasteiger partial charge in [0.25, 0.3) is 0 Å². The summed E-state index contributed by atoms with van der Waals surface area (Å²) in [6.07, 6.45) is 1.64. The summed E-state index contributed by atoms with van der Waals surface area (Å²) in [5.74, 6) is 0.884. The summed E-state index contributed by atoms with van der Waals surface area (Å²) in [5.41, 5.74) is 0. The van der Waals surface area contributed by atoms with Crippen molar-refractivity contribution in [1.82, 2.24) is 10.2 Å². The van der Waals surface area contributed by atoms with Gasteiger partial charge >= 0.3 is 0 Å². The number of morpholine rings is 1. The first-order valence-corrected chi connectivity index (χ1v) is 5.86. The van der Waals surface area contributed by atoms with Crippen LogP contribution < -0.4 is 5.32 Å². The first-order chi connectivity index (χ1) is 6.79. The zero-order chi connectivity index (χ0) is 9.97. The molecule has 2 saturated heterocycles. The zero-order valence-electron chi connectivity index (χ0n) is 9.33. The molecule has 2 aliphatic heterocycles. The maximum absolute atomic E-state index is 5.69. The largest absolute Gasteiger partial charge is 0.376 e. The summed E-state index contributed by atoms with van der Waals surface area (Å²) in [6, 6.07) is 0.659. The van der Waals surface area contributed by atoms with E-state index < -0.39 is 0 Å². The molecule has 2 fully saturated rings. The van der Waals surface area contributed by atoms with Gasteiger partial charge in [-0.25, -0.2) is 0 Å². The van der Waals surface area contributed by atoms with Gasteiger partial charge in [0, 0.05) is 32.2 Å². The van der Waals surface area contributed by atoms with Gasteiger partial charge in [-0.2, -0.15) is 0 Å². The van der Waals surface area contributed by atoms with Gasteiger partial charge in [-0.3, -0.25) is 4.90 Å². The van der Waals surface area contributed by atoms with E-state index in [1.165, 1.54) is 26.1 Å². The summed E-state index contributed by atoms with van der Waals surface area (Å²) >= 11 is 0. The van der Waals surface area contributed by atoms with Crippen LogP contribution in [0.2, 0.25) is 0 Å². The quantitative estimate of drug-likeness (QED) is 0.722. The van der Waals surface area contributed by atoms with Crippen LogP contribution in [0.1, 0.15) is 20.3 Å². The second kappa shape index (κ2) is 4.60. The van der Waals surface area contributed by atoms with Crippen LogP contribution in [0.5, 0.6) is 0 Å². The zero-order valence-corrected chi connectivity index (χ0v) is 9.33. The monoisotopic (exact) mass is 198 g/mol.